The van der Waals surface area contributed by atoms with Crippen molar-refractivity contribution in [2.75, 3.05) is 5.43 Å². The molecule has 0 aliphatic carbocycles. The van der Waals surface area contributed by atoms with Crippen LogP contribution in [0.5, 0.6) is 5.75 Å². The van der Waals surface area contributed by atoms with Gasteiger partial charge in [0.15, 0.2) is 0 Å². The van der Waals surface area contributed by atoms with E-state index >= 15 is 0 Å². The second-order valence-corrected chi connectivity index (χ2v) is 5.69. The number of benzene rings is 3. The van der Waals surface area contributed by atoms with Crippen molar-refractivity contribution in [3.05, 3.63) is 95.3 Å². The second kappa shape index (κ2) is 8.11. The van der Waals surface area contributed by atoms with Crippen LogP contribution in [-0.2, 0) is 6.61 Å². The Morgan fingerprint density at radius 1 is 0.960 bits per heavy atom. The predicted octanol–water partition coefficient (Wildman–Crippen LogP) is 5.16. The minimum Gasteiger partial charge on any atom is -0.489 e. The maximum atomic E-state index is 13.6. The molecule has 0 saturated carbocycles. The number of hydrazone groups is 1. The van der Waals surface area contributed by atoms with Crippen LogP contribution in [0.15, 0.2) is 77.9 Å². The van der Waals surface area contributed by atoms with Gasteiger partial charge in [0.2, 0.25) is 0 Å². The minimum atomic E-state index is -0.256. The highest BCUT2D eigenvalue weighted by atomic mass is 19.1. The molecule has 0 aliphatic heterocycles. The Morgan fingerprint density at radius 2 is 1.68 bits per heavy atom. The quantitative estimate of drug-likeness (QED) is 0.499. The summed E-state index contributed by atoms with van der Waals surface area (Å²) >= 11 is 0. The van der Waals surface area contributed by atoms with Gasteiger partial charge in [-0.05, 0) is 55.0 Å². The molecule has 0 atom stereocenters. The number of anilines is 1. The lowest BCUT2D eigenvalue weighted by molar-refractivity contribution is 0.300. The average molecular weight is 334 g/mol. The summed E-state index contributed by atoms with van der Waals surface area (Å²) in [6.45, 7) is 2.25. The smallest absolute Gasteiger partial charge is 0.129 e. The van der Waals surface area contributed by atoms with Crippen molar-refractivity contribution in [3.8, 4) is 5.75 Å². The molecule has 0 heterocycles. The zero-order valence-electron chi connectivity index (χ0n) is 13.9. The first-order chi connectivity index (χ1) is 12.2. The van der Waals surface area contributed by atoms with Gasteiger partial charge in [-0.15, -0.1) is 0 Å². The van der Waals surface area contributed by atoms with Crippen LogP contribution in [0.4, 0.5) is 10.1 Å². The summed E-state index contributed by atoms with van der Waals surface area (Å²) in [5.74, 6) is 0.431. The average Bonchev–Trinajstić information content (AvgIpc) is 2.64. The molecule has 3 aromatic carbocycles. The summed E-state index contributed by atoms with van der Waals surface area (Å²) in [5, 5.41) is 4.21. The van der Waals surface area contributed by atoms with Crippen molar-refractivity contribution in [1.82, 2.24) is 0 Å². The summed E-state index contributed by atoms with van der Waals surface area (Å²) < 4.78 is 19.2. The molecule has 126 valence electrons. The molecule has 0 unspecified atom stereocenters. The van der Waals surface area contributed by atoms with Crippen LogP contribution >= 0.6 is 0 Å². The van der Waals surface area contributed by atoms with Crippen LogP contribution in [0.25, 0.3) is 0 Å². The van der Waals surface area contributed by atoms with E-state index in [0.29, 0.717) is 11.3 Å². The summed E-state index contributed by atoms with van der Waals surface area (Å²) in [6.07, 6.45) is 1.74. The van der Waals surface area contributed by atoms with Gasteiger partial charge in [0.25, 0.3) is 0 Å². The molecule has 4 heteroatoms. The third kappa shape index (κ3) is 4.91. The molecule has 3 nitrogen and oxygen atoms in total. The minimum absolute atomic E-state index is 0.203. The van der Waals surface area contributed by atoms with Gasteiger partial charge in [-0.3, -0.25) is 5.43 Å². The number of hydrogen-bond acceptors (Lipinski definition) is 3. The maximum absolute atomic E-state index is 13.6. The van der Waals surface area contributed by atoms with Gasteiger partial charge in [0.05, 0.1) is 11.9 Å². The molecule has 1 N–H and O–H groups in total. The Labute approximate surface area is 146 Å². The van der Waals surface area contributed by atoms with Crippen molar-refractivity contribution in [3.63, 3.8) is 0 Å². The molecule has 0 spiro atoms. The molecule has 0 aromatic heterocycles. The summed E-state index contributed by atoms with van der Waals surface area (Å²) in [6, 6.07) is 22.1. The fraction of sp³-hybridized carbons (Fsp3) is 0.0952. The van der Waals surface area contributed by atoms with Crippen LogP contribution < -0.4 is 10.2 Å². The normalized spacial score (nSPS) is 10.8. The number of ether oxygens (including phenoxy) is 1. The number of rotatable bonds is 6. The molecule has 0 saturated heterocycles. The highest BCUT2D eigenvalue weighted by molar-refractivity contribution is 5.80. The van der Waals surface area contributed by atoms with Gasteiger partial charge < -0.3 is 4.74 Å². The third-order valence-electron chi connectivity index (χ3n) is 3.69. The number of aryl methyl sites for hydroxylation is 1. The lowest BCUT2D eigenvalue weighted by Crippen LogP contribution is -1.98. The van der Waals surface area contributed by atoms with Gasteiger partial charge in [-0.25, -0.2) is 4.39 Å². The fourth-order valence-electron chi connectivity index (χ4n) is 2.24. The van der Waals surface area contributed by atoms with E-state index in [1.807, 2.05) is 55.5 Å². The fourth-order valence-corrected chi connectivity index (χ4v) is 2.24. The molecule has 0 fully saturated rings. The Balaban J connectivity index is 1.54. The summed E-state index contributed by atoms with van der Waals surface area (Å²) in [5.41, 5.74) is 6.61. The molecule has 0 amide bonds. The van der Waals surface area contributed by atoms with Crippen LogP contribution in [0.1, 0.15) is 16.7 Å². The summed E-state index contributed by atoms with van der Waals surface area (Å²) in [4.78, 5) is 0. The first kappa shape index (κ1) is 16.7. The molecular weight excluding hydrogens is 315 g/mol. The van der Waals surface area contributed by atoms with Gasteiger partial charge in [0, 0.05) is 5.56 Å². The van der Waals surface area contributed by atoms with E-state index in [9.17, 15) is 4.39 Å². The largest absolute Gasteiger partial charge is 0.489 e. The lowest BCUT2D eigenvalue weighted by Gasteiger charge is -2.07. The Kier molecular flexibility index (Phi) is 5.42. The van der Waals surface area contributed by atoms with Gasteiger partial charge in [-0.1, -0.05) is 35.9 Å². The van der Waals surface area contributed by atoms with Crippen LogP contribution in [0.2, 0.25) is 0 Å². The first-order valence-corrected chi connectivity index (χ1v) is 8.03. The molecule has 0 aliphatic rings. The van der Waals surface area contributed by atoms with Gasteiger partial charge >= 0.3 is 0 Å². The third-order valence-corrected chi connectivity index (χ3v) is 3.69. The number of halogens is 1. The number of nitrogens with one attached hydrogen (secondary N) is 1. The molecule has 25 heavy (non-hydrogen) atoms. The summed E-state index contributed by atoms with van der Waals surface area (Å²) in [7, 11) is 0. The Morgan fingerprint density at radius 3 is 2.40 bits per heavy atom. The number of hydrogen-bond donors (Lipinski definition) is 1. The highest BCUT2D eigenvalue weighted by Crippen LogP contribution is 2.15. The predicted molar refractivity (Wildman–Crippen MR) is 99.6 cm³/mol. The molecule has 3 aromatic rings. The Bertz CT molecular complexity index is 843. The van der Waals surface area contributed by atoms with E-state index in [2.05, 4.69) is 10.5 Å². The standard InChI is InChI=1S/C21H19FN2O/c1-16-6-10-19(11-7-16)24-23-14-17-8-12-20(13-9-17)25-15-18-4-2-3-5-21(18)22/h2-14,24H,15H2,1H3. The topological polar surface area (TPSA) is 33.6 Å². The monoisotopic (exact) mass is 334 g/mol. The van der Waals surface area contributed by atoms with Crippen molar-refractivity contribution in [2.45, 2.75) is 13.5 Å². The van der Waals surface area contributed by atoms with Gasteiger partial charge in [-0.2, -0.15) is 5.10 Å². The molecular formula is C21H19FN2O. The lowest BCUT2D eigenvalue weighted by atomic mass is 10.2. The highest BCUT2D eigenvalue weighted by Gasteiger charge is 2.01. The van der Waals surface area contributed by atoms with Crippen LogP contribution in [0, 0.1) is 12.7 Å². The zero-order chi connectivity index (χ0) is 17.5. The van der Waals surface area contributed by atoms with Crippen molar-refractivity contribution in [2.24, 2.45) is 5.10 Å². The first-order valence-electron chi connectivity index (χ1n) is 8.03. The number of nitrogens with zero attached hydrogens (tertiary/aromatic N) is 1. The maximum Gasteiger partial charge on any atom is 0.129 e. The van der Waals surface area contributed by atoms with Crippen LogP contribution in [-0.4, -0.2) is 6.21 Å². The van der Waals surface area contributed by atoms with Crippen molar-refractivity contribution in [1.29, 1.82) is 0 Å². The zero-order valence-corrected chi connectivity index (χ0v) is 13.9. The van der Waals surface area contributed by atoms with E-state index < -0.39 is 0 Å². The molecule has 0 radical (unpaired) electrons. The molecule has 0 bridgehead atoms. The molecule has 3 rings (SSSR count). The van der Waals surface area contributed by atoms with E-state index in [0.717, 1.165) is 11.3 Å². The van der Waals surface area contributed by atoms with Crippen LogP contribution in [0.3, 0.4) is 0 Å². The van der Waals surface area contributed by atoms with Crippen molar-refractivity contribution < 1.29 is 9.13 Å². The van der Waals surface area contributed by atoms with E-state index in [4.69, 9.17) is 4.74 Å². The van der Waals surface area contributed by atoms with Crippen molar-refractivity contribution >= 4 is 11.9 Å². The SMILES string of the molecule is Cc1ccc(NN=Cc2ccc(OCc3ccccc3F)cc2)cc1. The van der Waals surface area contributed by atoms with Gasteiger partial charge in [0.1, 0.15) is 18.2 Å². The Hall–Kier alpha value is -3.14. The van der Waals surface area contributed by atoms with E-state index in [1.165, 1.54) is 11.6 Å². The van der Waals surface area contributed by atoms with E-state index in [1.54, 1.807) is 24.4 Å². The van der Waals surface area contributed by atoms with E-state index in [-0.39, 0.29) is 12.4 Å². The second-order valence-electron chi connectivity index (χ2n) is 5.69.